The van der Waals surface area contributed by atoms with Crippen molar-refractivity contribution in [2.24, 2.45) is 0 Å². The van der Waals surface area contributed by atoms with Gasteiger partial charge in [-0.1, -0.05) is 12.8 Å². The number of anilines is 3. The number of hydrogen-bond donors (Lipinski definition) is 1. The summed E-state index contributed by atoms with van der Waals surface area (Å²) in [6.07, 6.45) is 10.1. The van der Waals surface area contributed by atoms with E-state index in [1.165, 1.54) is 6.20 Å². The lowest BCUT2D eigenvalue weighted by Gasteiger charge is -2.37. The highest BCUT2D eigenvalue weighted by atomic mass is 32.2. The van der Waals surface area contributed by atoms with Crippen LogP contribution in [0.2, 0.25) is 0 Å². The Balaban J connectivity index is 1.80. The van der Waals surface area contributed by atoms with Crippen LogP contribution in [0.25, 0.3) is 11.4 Å². The number of pyridine rings is 1. The number of likely N-dealkylation sites (N-methyl/N-ethyl adjacent to an activating group) is 1. The minimum absolute atomic E-state index is 0.0130. The van der Waals surface area contributed by atoms with Crippen molar-refractivity contribution < 1.29 is 13.2 Å². The molecule has 3 heterocycles. The van der Waals surface area contributed by atoms with Crippen molar-refractivity contribution in [1.29, 1.82) is 0 Å². The number of carbonyl (C=O) groups is 1. The van der Waals surface area contributed by atoms with E-state index < -0.39 is 10.0 Å². The van der Waals surface area contributed by atoms with E-state index in [0.717, 1.165) is 31.9 Å². The molecule has 1 fully saturated rings. The zero-order valence-corrected chi connectivity index (χ0v) is 16.6. The largest absolute Gasteiger partial charge is 0.342 e. The lowest BCUT2D eigenvalue weighted by Crippen LogP contribution is -2.48. The molecule has 2 aliphatic rings. The molecule has 1 saturated carbocycles. The molecule has 2 aromatic rings. The molecule has 0 saturated heterocycles. The summed E-state index contributed by atoms with van der Waals surface area (Å²) in [4.78, 5) is 29.2. The average molecular weight is 402 g/mol. The third kappa shape index (κ3) is 3.51. The van der Waals surface area contributed by atoms with Crippen LogP contribution in [0.3, 0.4) is 0 Å². The highest BCUT2D eigenvalue weighted by Gasteiger charge is 2.34. The molecular weight excluding hydrogens is 380 g/mol. The zero-order chi connectivity index (χ0) is 19.9. The summed E-state index contributed by atoms with van der Waals surface area (Å²) >= 11 is 0. The number of fused-ring (bicyclic) bond motifs is 1. The highest BCUT2D eigenvalue weighted by Crippen LogP contribution is 2.37. The van der Waals surface area contributed by atoms with Crippen LogP contribution in [-0.2, 0) is 14.8 Å². The van der Waals surface area contributed by atoms with Crippen molar-refractivity contribution in [3.8, 4) is 11.4 Å². The van der Waals surface area contributed by atoms with E-state index in [9.17, 15) is 13.2 Å². The Labute approximate surface area is 163 Å². The van der Waals surface area contributed by atoms with Crippen LogP contribution >= 0.6 is 0 Å². The van der Waals surface area contributed by atoms with E-state index in [2.05, 4.69) is 19.6 Å². The second-order valence-electron chi connectivity index (χ2n) is 7.22. The van der Waals surface area contributed by atoms with Gasteiger partial charge in [-0.05, 0) is 18.9 Å². The fourth-order valence-corrected chi connectivity index (χ4v) is 4.36. The van der Waals surface area contributed by atoms with Gasteiger partial charge in [-0.3, -0.25) is 14.5 Å². The first-order valence-corrected chi connectivity index (χ1v) is 11.0. The number of rotatable bonds is 4. The fourth-order valence-electron chi connectivity index (χ4n) is 3.79. The van der Waals surface area contributed by atoms with Gasteiger partial charge in [0.15, 0.2) is 11.6 Å². The summed E-state index contributed by atoms with van der Waals surface area (Å²) in [5, 5.41) is 0. The van der Waals surface area contributed by atoms with Gasteiger partial charge in [0.05, 0.1) is 30.9 Å². The number of amides is 1. The fraction of sp³-hybridized carbons (Fsp3) is 0.444. The monoisotopic (exact) mass is 402 g/mol. The first kappa shape index (κ1) is 18.6. The van der Waals surface area contributed by atoms with Crippen molar-refractivity contribution in [2.75, 3.05) is 34.4 Å². The van der Waals surface area contributed by atoms with Crippen LogP contribution in [0.4, 0.5) is 17.2 Å². The van der Waals surface area contributed by atoms with Crippen LogP contribution in [0.1, 0.15) is 25.7 Å². The van der Waals surface area contributed by atoms with Crippen LogP contribution in [0, 0.1) is 0 Å². The SMILES string of the molecule is CN1C(=O)CN(C2CCCC2)c2nc(-c3ccncc3NS(C)(=O)=O)ncc21. The first-order chi connectivity index (χ1) is 13.3. The molecule has 0 unspecified atom stereocenters. The third-order valence-corrected chi connectivity index (χ3v) is 5.78. The van der Waals surface area contributed by atoms with Gasteiger partial charge in [0, 0.05) is 24.8 Å². The van der Waals surface area contributed by atoms with Crippen LogP contribution in [0.5, 0.6) is 0 Å². The molecule has 10 heteroatoms. The Bertz CT molecular complexity index is 1020. The lowest BCUT2D eigenvalue weighted by atomic mass is 10.1. The smallest absolute Gasteiger partial charge is 0.246 e. The van der Waals surface area contributed by atoms with Crippen molar-refractivity contribution in [1.82, 2.24) is 15.0 Å². The van der Waals surface area contributed by atoms with E-state index in [1.807, 2.05) is 0 Å². The molecule has 0 radical (unpaired) electrons. The standard InChI is InChI=1S/C18H22N6O3S/c1-23-15-10-20-17(13-7-8-19-9-14(13)22-28(2,26)27)21-18(15)24(11-16(23)25)12-5-3-4-6-12/h7-10,12,22H,3-6,11H2,1-2H3. The number of aromatic nitrogens is 3. The molecule has 2 aromatic heterocycles. The number of nitrogens with one attached hydrogen (secondary N) is 1. The highest BCUT2D eigenvalue weighted by molar-refractivity contribution is 7.92. The topological polar surface area (TPSA) is 108 Å². The maximum Gasteiger partial charge on any atom is 0.246 e. The number of nitrogens with zero attached hydrogens (tertiary/aromatic N) is 5. The first-order valence-electron chi connectivity index (χ1n) is 9.16. The quantitative estimate of drug-likeness (QED) is 0.828. The summed E-state index contributed by atoms with van der Waals surface area (Å²) in [5.74, 6) is 1.11. The summed E-state index contributed by atoms with van der Waals surface area (Å²) in [7, 11) is -1.75. The molecule has 1 aliphatic heterocycles. The van der Waals surface area contributed by atoms with Crippen molar-refractivity contribution in [2.45, 2.75) is 31.7 Å². The molecule has 0 bridgehead atoms. The predicted molar refractivity (Wildman–Crippen MR) is 107 cm³/mol. The van der Waals surface area contributed by atoms with E-state index in [4.69, 9.17) is 4.98 Å². The molecule has 0 atom stereocenters. The average Bonchev–Trinajstić information content (AvgIpc) is 3.18. The lowest BCUT2D eigenvalue weighted by molar-refractivity contribution is -0.117. The minimum Gasteiger partial charge on any atom is -0.342 e. The second kappa shape index (κ2) is 7.01. The Morgan fingerprint density at radius 3 is 2.68 bits per heavy atom. The molecule has 0 aromatic carbocycles. The second-order valence-corrected chi connectivity index (χ2v) is 8.97. The van der Waals surface area contributed by atoms with Crippen LogP contribution in [-0.4, -0.2) is 55.2 Å². The molecule has 1 amide bonds. The van der Waals surface area contributed by atoms with Gasteiger partial charge in [-0.15, -0.1) is 0 Å². The predicted octanol–water partition coefficient (Wildman–Crippen LogP) is 1.64. The van der Waals surface area contributed by atoms with Crippen molar-refractivity contribution in [3.63, 3.8) is 0 Å². The molecule has 9 nitrogen and oxygen atoms in total. The number of carbonyl (C=O) groups excluding carboxylic acids is 1. The number of sulfonamides is 1. The van der Waals surface area contributed by atoms with Gasteiger partial charge in [-0.25, -0.2) is 18.4 Å². The summed E-state index contributed by atoms with van der Waals surface area (Å²) in [5.41, 5.74) is 1.52. The minimum atomic E-state index is -3.47. The van der Waals surface area contributed by atoms with Gasteiger partial charge < -0.3 is 9.80 Å². The normalized spacial score (nSPS) is 17.7. The Morgan fingerprint density at radius 2 is 1.96 bits per heavy atom. The summed E-state index contributed by atoms with van der Waals surface area (Å²) < 4.78 is 25.8. The van der Waals surface area contributed by atoms with Gasteiger partial charge in [0.25, 0.3) is 0 Å². The Morgan fingerprint density at radius 1 is 1.21 bits per heavy atom. The van der Waals surface area contributed by atoms with Gasteiger partial charge in [0.1, 0.15) is 5.69 Å². The summed E-state index contributed by atoms with van der Waals surface area (Å²) in [6.45, 7) is 0.287. The van der Waals surface area contributed by atoms with Crippen molar-refractivity contribution >= 4 is 33.1 Å². The maximum absolute atomic E-state index is 12.4. The van der Waals surface area contributed by atoms with Crippen molar-refractivity contribution in [3.05, 3.63) is 24.7 Å². The number of hydrogen-bond acceptors (Lipinski definition) is 7. The molecule has 0 spiro atoms. The molecule has 1 N–H and O–H groups in total. The molecule has 4 rings (SSSR count). The molecule has 148 valence electrons. The molecule has 28 heavy (non-hydrogen) atoms. The molecular formula is C18H22N6O3S. The third-order valence-electron chi connectivity index (χ3n) is 5.19. The van der Waals surface area contributed by atoms with Crippen LogP contribution in [0.15, 0.2) is 24.7 Å². The van der Waals surface area contributed by atoms with Gasteiger partial charge in [-0.2, -0.15) is 0 Å². The molecule has 1 aliphatic carbocycles. The zero-order valence-electron chi connectivity index (χ0n) is 15.8. The van der Waals surface area contributed by atoms with Gasteiger partial charge in [0.2, 0.25) is 15.9 Å². The van der Waals surface area contributed by atoms with E-state index in [-0.39, 0.29) is 18.5 Å². The summed E-state index contributed by atoms with van der Waals surface area (Å²) in [6, 6.07) is 1.96. The van der Waals surface area contributed by atoms with E-state index >= 15 is 0 Å². The van der Waals surface area contributed by atoms with Gasteiger partial charge >= 0.3 is 0 Å². The van der Waals surface area contributed by atoms with E-state index in [1.54, 1.807) is 30.4 Å². The Hall–Kier alpha value is -2.75. The maximum atomic E-state index is 12.4. The van der Waals surface area contributed by atoms with Crippen LogP contribution < -0.4 is 14.5 Å². The Kier molecular flexibility index (Phi) is 4.66. The van der Waals surface area contributed by atoms with E-state index in [0.29, 0.717) is 28.6 Å².